The molecule has 0 aromatic heterocycles. The molecule has 1 heterocycles. The first-order valence-electron chi connectivity index (χ1n) is 9.33. The summed E-state index contributed by atoms with van der Waals surface area (Å²) in [6.45, 7) is 0.777. The van der Waals surface area contributed by atoms with Crippen molar-refractivity contribution < 1.29 is 27.4 Å². The SMILES string of the molecule is Cl.O=C(COc1ccccc1OCC(F)(F)F)N1CCC(NCC2CC2)CC1. The minimum absolute atomic E-state index is 0. The van der Waals surface area contributed by atoms with E-state index in [2.05, 4.69) is 5.32 Å². The van der Waals surface area contributed by atoms with Crippen molar-refractivity contribution >= 4 is 18.3 Å². The summed E-state index contributed by atoms with van der Waals surface area (Å²) in [6.07, 6.45) is 0.0138. The molecule has 0 bridgehead atoms. The van der Waals surface area contributed by atoms with Gasteiger partial charge in [-0.25, -0.2) is 0 Å². The molecule has 0 radical (unpaired) electrons. The van der Waals surface area contributed by atoms with Crippen LogP contribution in [0.15, 0.2) is 24.3 Å². The lowest BCUT2D eigenvalue weighted by molar-refractivity contribution is -0.153. The molecule has 0 spiro atoms. The molecule has 1 aliphatic carbocycles. The highest BCUT2D eigenvalue weighted by Crippen LogP contribution is 2.29. The number of rotatable bonds is 8. The number of hydrogen-bond acceptors (Lipinski definition) is 4. The Morgan fingerprint density at radius 3 is 2.25 bits per heavy atom. The molecule has 158 valence electrons. The minimum Gasteiger partial charge on any atom is -0.480 e. The Morgan fingerprint density at radius 2 is 1.68 bits per heavy atom. The molecule has 0 unspecified atom stereocenters. The number of piperidine rings is 1. The molecular formula is C19H26ClF3N2O3. The van der Waals surface area contributed by atoms with Gasteiger partial charge in [-0.2, -0.15) is 13.2 Å². The van der Waals surface area contributed by atoms with Gasteiger partial charge in [0.15, 0.2) is 24.7 Å². The van der Waals surface area contributed by atoms with Gasteiger partial charge in [0.2, 0.25) is 0 Å². The third-order valence-electron chi connectivity index (χ3n) is 4.83. The Balaban J connectivity index is 0.00000280. The molecule has 9 heteroatoms. The maximum absolute atomic E-state index is 12.3. The van der Waals surface area contributed by atoms with Crippen molar-refractivity contribution in [1.29, 1.82) is 0 Å². The smallest absolute Gasteiger partial charge is 0.422 e. The number of hydrogen-bond donors (Lipinski definition) is 1. The molecule has 2 aliphatic rings. The molecule has 1 aromatic rings. The quantitative estimate of drug-likeness (QED) is 0.697. The summed E-state index contributed by atoms with van der Waals surface area (Å²) in [5.41, 5.74) is 0. The van der Waals surface area contributed by atoms with Crippen molar-refractivity contribution in [2.75, 3.05) is 32.8 Å². The largest absolute Gasteiger partial charge is 0.480 e. The van der Waals surface area contributed by atoms with E-state index in [0.29, 0.717) is 19.1 Å². The molecule has 28 heavy (non-hydrogen) atoms. The number of carbonyl (C=O) groups is 1. The second-order valence-electron chi connectivity index (χ2n) is 7.15. The number of likely N-dealkylation sites (tertiary alicyclic amines) is 1. The van der Waals surface area contributed by atoms with E-state index in [1.165, 1.54) is 25.0 Å². The third kappa shape index (κ3) is 7.39. The lowest BCUT2D eigenvalue weighted by atomic mass is 10.0. The number of nitrogens with one attached hydrogen (secondary N) is 1. The van der Waals surface area contributed by atoms with Crippen LogP contribution in [0.5, 0.6) is 11.5 Å². The molecule has 2 fully saturated rings. The van der Waals surface area contributed by atoms with Crippen molar-refractivity contribution in [3.63, 3.8) is 0 Å². The van der Waals surface area contributed by atoms with E-state index in [1.54, 1.807) is 17.0 Å². The van der Waals surface area contributed by atoms with Crippen molar-refractivity contribution in [1.82, 2.24) is 10.2 Å². The van der Waals surface area contributed by atoms with Crippen LogP contribution < -0.4 is 14.8 Å². The Hall–Kier alpha value is -1.67. The summed E-state index contributed by atoms with van der Waals surface area (Å²) >= 11 is 0. The number of halogens is 4. The highest BCUT2D eigenvalue weighted by Gasteiger charge is 2.29. The van der Waals surface area contributed by atoms with Crippen LogP contribution >= 0.6 is 12.4 Å². The summed E-state index contributed by atoms with van der Waals surface area (Å²) in [5, 5.41) is 3.56. The molecule has 1 N–H and O–H groups in total. The number of ether oxygens (including phenoxy) is 2. The first kappa shape index (κ1) is 22.6. The van der Waals surface area contributed by atoms with Crippen LogP contribution in [0, 0.1) is 5.92 Å². The van der Waals surface area contributed by atoms with Gasteiger partial charge in [0.1, 0.15) is 0 Å². The summed E-state index contributed by atoms with van der Waals surface area (Å²) in [7, 11) is 0. The highest BCUT2D eigenvalue weighted by atomic mass is 35.5. The van der Waals surface area contributed by atoms with Gasteiger partial charge in [-0.05, 0) is 50.3 Å². The first-order chi connectivity index (χ1) is 12.9. The topological polar surface area (TPSA) is 50.8 Å². The summed E-state index contributed by atoms with van der Waals surface area (Å²) in [5.74, 6) is 0.778. The fraction of sp³-hybridized carbons (Fsp3) is 0.632. The highest BCUT2D eigenvalue weighted by molar-refractivity contribution is 5.85. The zero-order valence-corrected chi connectivity index (χ0v) is 16.4. The first-order valence-corrected chi connectivity index (χ1v) is 9.33. The van der Waals surface area contributed by atoms with Crippen molar-refractivity contribution in [2.24, 2.45) is 5.92 Å². The summed E-state index contributed by atoms with van der Waals surface area (Å²) < 4.78 is 47.2. The van der Waals surface area contributed by atoms with Crippen molar-refractivity contribution in [2.45, 2.75) is 37.9 Å². The van der Waals surface area contributed by atoms with Gasteiger partial charge in [-0.1, -0.05) is 12.1 Å². The van der Waals surface area contributed by atoms with E-state index in [1.807, 2.05) is 0 Å². The van der Waals surface area contributed by atoms with Crippen LogP contribution in [0.4, 0.5) is 13.2 Å². The fourth-order valence-corrected chi connectivity index (χ4v) is 3.07. The minimum atomic E-state index is -4.43. The van der Waals surface area contributed by atoms with E-state index in [-0.39, 0.29) is 36.4 Å². The summed E-state index contributed by atoms with van der Waals surface area (Å²) in [4.78, 5) is 14.1. The molecule has 0 atom stereocenters. The maximum Gasteiger partial charge on any atom is 0.422 e. The average molecular weight is 423 g/mol. The monoisotopic (exact) mass is 422 g/mol. The van der Waals surface area contributed by atoms with Crippen molar-refractivity contribution in [3.05, 3.63) is 24.3 Å². The van der Waals surface area contributed by atoms with Gasteiger partial charge in [0.05, 0.1) is 0 Å². The second-order valence-corrected chi connectivity index (χ2v) is 7.15. The molecule has 1 aliphatic heterocycles. The normalized spacial score (nSPS) is 17.8. The Bertz CT molecular complexity index is 633. The molecule has 1 saturated heterocycles. The Labute approximate surface area is 169 Å². The van der Waals surface area contributed by atoms with Crippen LogP contribution in [0.25, 0.3) is 0 Å². The molecule has 3 rings (SSSR count). The van der Waals surface area contributed by atoms with Crippen LogP contribution in [0.3, 0.4) is 0 Å². The van der Waals surface area contributed by atoms with Gasteiger partial charge >= 0.3 is 6.18 Å². The lowest BCUT2D eigenvalue weighted by Gasteiger charge is -2.32. The Morgan fingerprint density at radius 1 is 1.07 bits per heavy atom. The summed E-state index contributed by atoms with van der Waals surface area (Å²) in [6, 6.07) is 6.51. The third-order valence-corrected chi connectivity index (χ3v) is 4.83. The molecule has 1 saturated carbocycles. The Kier molecular flexibility index (Phi) is 8.24. The number of amides is 1. The van der Waals surface area contributed by atoms with Crippen LogP contribution in [-0.2, 0) is 4.79 Å². The van der Waals surface area contributed by atoms with Gasteiger partial charge in [-0.15, -0.1) is 12.4 Å². The molecular weight excluding hydrogens is 397 g/mol. The van der Waals surface area contributed by atoms with Gasteiger partial charge in [0.25, 0.3) is 5.91 Å². The van der Waals surface area contributed by atoms with Gasteiger partial charge in [0, 0.05) is 19.1 Å². The lowest BCUT2D eigenvalue weighted by Crippen LogP contribution is -2.46. The predicted molar refractivity (Wildman–Crippen MR) is 101 cm³/mol. The average Bonchev–Trinajstić information content (AvgIpc) is 3.47. The number of nitrogens with zero attached hydrogens (tertiary/aromatic N) is 1. The van der Waals surface area contributed by atoms with Crippen LogP contribution in [-0.4, -0.2) is 55.9 Å². The predicted octanol–water partition coefficient (Wildman–Crippen LogP) is 3.42. The van der Waals surface area contributed by atoms with Crippen LogP contribution in [0.2, 0.25) is 0 Å². The zero-order valence-electron chi connectivity index (χ0n) is 15.5. The molecule has 1 amide bonds. The van der Waals surface area contributed by atoms with E-state index in [9.17, 15) is 18.0 Å². The fourth-order valence-electron chi connectivity index (χ4n) is 3.07. The number of alkyl halides is 3. The van der Waals surface area contributed by atoms with E-state index < -0.39 is 12.8 Å². The number of para-hydroxylation sites is 2. The van der Waals surface area contributed by atoms with E-state index >= 15 is 0 Å². The van der Waals surface area contributed by atoms with Gasteiger partial charge in [-0.3, -0.25) is 4.79 Å². The van der Waals surface area contributed by atoms with E-state index in [4.69, 9.17) is 9.47 Å². The zero-order chi connectivity index (χ0) is 19.3. The standard InChI is InChI=1S/C19H25F3N2O3.ClH/c20-19(21,22)13-27-17-4-2-1-3-16(17)26-12-18(25)24-9-7-15(8-10-24)23-11-14-5-6-14;/h1-4,14-15,23H,5-13H2;1H. The second kappa shape index (κ2) is 10.2. The maximum atomic E-state index is 12.3. The molecule has 1 aromatic carbocycles. The van der Waals surface area contributed by atoms with E-state index in [0.717, 1.165) is 25.3 Å². The van der Waals surface area contributed by atoms with Gasteiger partial charge < -0.3 is 19.7 Å². The van der Waals surface area contributed by atoms with Crippen LogP contribution in [0.1, 0.15) is 25.7 Å². The van der Waals surface area contributed by atoms with Crippen molar-refractivity contribution in [3.8, 4) is 11.5 Å². The number of benzene rings is 1. The molecule has 5 nitrogen and oxygen atoms in total. The number of carbonyl (C=O) groups excluding carboxylic acids is 1.